The summed E-state index contributed by atoms with van der Waals surface area (Å²) in [7, 11) is 1.51. The summed E-state index contributed by atoms with van der Waals surface area (Å²) in [5, 5.41) is 15.5. The Kier molecular flexibility index (Phi) is 6.76. The molecule has 26 heavy (non-hydrogen) atoms. The number of alkyl halides is 3. The molecule has 6 nitrogen and oxygen atoms in total. The molecule has 1 amide bonds. The van der Waals surface area contributed by atoms with Crippen molar-refractivity contribution in [3.8, 4) is 5.69 Å². The number of aromatic nitrogens is 3. The van der Waals surface area contributed by atoms with Crippen LogP contribution in [-0.2, 0) is 4.79 Å². The lowest BCUT2D eigenvalue weighted by Crippen LogP contribution is -2.26. The monoisotopic (exact) mass is 408 g/mol. The fourth-order valence-electron chi connectivity index (χ4n) is 2.03. The van der Waals surface area contributed by atoms with Gasteiger partial charge >= 0.3 is 6.18 Å². The minimum Gasteiger partial charge on any atom is -0.619 e. The third kappa shape index (κ3) is 5.80. The van der Waals surface area contributed by atoms with Crippen molar-refractivity contribution in [2.75, 3.05) is 23.5 Å². The van der Waals surface area contributed by atoms with Crippen LogP contribution in [0.3, 0.4) is 0 Å². The number of halogens is 4. The minimum atomic E-state index is -4.18. The lowest BCUT2D eigenvalue weighted by molar-refractivity contribution is -0.605. The Hall–Kier alpha value is -1.94. The maximum absolute atomic E-state index is 12.2. The number of hydrogen-bond donors (Lipinski definition) is 0. The number of pyridine rings is 1. The van der Waals surface area contributed by atoms with Gasteiger partial charge in [-0.25, -0.2) is 4.68 Å². The highest BCUT2D eigenvalue weighted by atomic mass is 35.5. The van der Waals surface area contributed by atoms with Gasteiger partial charge in [0, 0.05) is 31.0 Å². The highest BCUT2D eigenvalue weighted by molar-refractivity contribution is 7.99. The van der Waals surface area contributed by atoms with Crippen LogP contribution in [0.5, 0.6) is 0 Å². The van der Waals surface area contributed by atoms with Crippen molar-refractivity contribution in [1.29, 1.82) is 0 Å². The molecule has 0 aliphatic carbocycles. The Morgan fingerprint density at radius 1 is 1.46 bits per heavy atom. The molecule has 0 radical (unpaired) electrons. The Balaban J connectivity index is 1.94. The summed E-state index contributed by atoms with van der Waals surface area (Å²) >= 11 is 7.14. The zero-order valence-corrected chi connectivity index (χ0v) is 15.3. The van der Waals surface area contributed by atoms with E-state index in [0.717, 1.165) is 11.8 Å². The fraction of sp³-hybridized carbons (Fsp3) is 0.400. The van der Waals surface area contributed by atoms with Gasteiger partial charge in [-0.05, 0) is 6.07 Å². The first kappa shape index (κ1) is 20.4. The maximum Gasteiger partial charge on any atom is 0.389 e. The van der Waals surface area contributed by atoms with Crippen molar-refractivity contribution in [1.82, 2.24) is 9.78 Å². The van der Waals surface area contributed by atoms with Gasteiger partial charge in [-0.15, -0.1) is 0 Å². The molecule has 2 aromatic heterocycles. The molecule has 2 aromatic rings. The van der Waals surface area contributed by atoms with Gasteiger partial charge in [0.2, 0.25) is 12.1 Å². The summed E-state index contributed by atoms with van der Waals surface area (Å²) in [4.78, 5) is 13.5. The predicted molar refractivity (Wildman–Crippen MR) is 93.6 cm³/mol. The Morgan fingerprint density at radius 2 is 2.19 bits per heavy atom. The van der Waals surface area contributed by atoms with Crippen LogP contribution >= 0.6 is 23.4 Å². The van der Waals surface area contributed by atoms with Crippen LogP contribution in [0.2, 0.25) is 5.15 Å². The molecule has 0 unspecified atom stereocenters. The molecule has 2 heterocycles. The van der Waals surface area contributed by atoms with Crippen molar-refractivity contribution < 1.29 is 22.7 Å². The second-order valence-electron chi connectivity index (χ2n) is 5.35. The van der Waals surface area contributed by atoms with E-state index < -0.39 is 12.6 Å². The molecular weight excluding hydrogens is 393 g/mol. The van der Waals surface area contributed by atoms with Gasteiger partial charge in [-0.1, -0.05) is 11.6 Å². The van der Waals surface area contributed by atoms with Crippen LogP contribution < -0.4 is 9.63 Å². The number of hydrogen-bond acceptors (Lipinski definition) is 4. The zero-order valence-electron chi connectivity index (χ0n) is 13.7. The molecular formula is C15H16ClF3N4O2S. The van der Waals surface area contributed by atoms with E-state index in [9.17, 15) is 23.2 Å². The number of thioether (sulfide) groups is 1. The smallest absolute Gasteiger partial charge is 0.389 e. The van der Waals surface area contributed by atoms with Crippen molar-refractivity contribution >= 4 is 35.0 Å². The minimum absolute atomic E-state index is 0.0758. The molecule has 0 spiro atoms. The van der Waals surface area contributed by atoms with Crippen LogP contribution in [-0.4, -0.2) is 40.4 Å². The van der Waals surface area contributed by atoms with Gasteiger partial charge in [0.15, 0.2) is 11.3 Å². The lowest BCUT2D eigenvalue weighted by atomic mass is 10.4. The maximum atomic E-state index is 12.2. The Morgan fingerprint density at radius 3 is 2.85 bits per heavy atom. The van der Waals surface area contributed by atoms with Gasteiger partial charge in [-0.2, -0.15) is 34.8 Å². The summed E-state index contributed by atoms with van der Waals surface area (Å²) in [6.45, 7) is 0. The van der Waals surface area contributed by atoms with Crippen LogP contribution in [0.4, 0.5) is 18.9 Å². The summed E-state index contributed by atoms with van der Waals surface area (Å²) in [6, 6.07) is 3.20. The molecule has 0 atom stereocenters. The van der Waals surface area contributed by atoms with Crippen LogP contribution in [0.15, 0.2) is 30.7 Å². The fourth-order valence-corrected chi connectivity index (χ4v) is 3.19. The van der Waals surface area contributed by atoms with Gasteiger partial charge in [0.05, 0.1) is 12.6 Å². The summed E-state index contributed by atoms with van der Waals surface area (Å²) in [5.41, 5.74) is 0.817. The largest absolute Gasteiger partial charge is 0.619 e. The second kappa shape index (κ2) is 8.63. The Labute approximate surface area is 157 Å². The van der Waals surface area contributed by atoms with E-state index in [-0.39, 0.29) is 29.0 Å². The average molecular weight is 409 g/mol. The number of rotatable bonds is 7. The first-order valence-electron chi connectivity index (χ1n) is 7.53. The van der Waals surface area contributed by atoms with E-state index in [1.165, 1.54) is 35.2 Å². The standard InChI is InChI=1S/C15H16ClF3N4O2S/c1-21(13(24)4-7-26-8-5-15(17,18)19)12-10-23(20-14(12)16)11-3-2-6-22(25)9-11/h2-3,6,9-10H,4-5,7-8H2,1H3. The van der Waals surface area contributed by atoms with E-state index in [1.54, 1.807) is 12.1 Å². The molecule has 0 aliphatic rings. The third-order valence-electron chi connectivity index (χ3n) is 3.40. The summed E-state index contributed by atoms with van der Waals surface area (Å²) in [6.07, 6.45) is -0.862. The highest BCUT2D eigenvalue weighted by Crippen LogP contribution is 2.26. The van der Waals surface area contributed by atoms with E-state index in [4.69, 9.17) is 11.6 Å². The summed E-state index contributed by atoms with van der Waals surface area (Å²) < 4.78 is 38.2. The second-order valence-corrected chi connectivity index (χ2v) is 6.93. The van der Waals surface area contributed by atoms with E-state index in [0.29, 0.717) is 16.1 Å². The van der Waals surface area contributed by atoms with E-state index in [1.807, 2.05) is 0 Å². The normalized spacial score (nSPS) is 11.6. The molecule has 0 fully saturated rings. The quantitative estimate of drug-likeness (QED) is 0.401. The van der Waals surface area contributed by atoms with Gasteiger partial charge in [0.25, 0.3) is 0 Å². The number of nitrogens with zero attached hydrogens (tertiary/aromatic N) is 4. The molecule has 11 heteroatoms. The first-order valence-corrected chi connectivity index (χ1v) is 9.06. The van der Waals surface area contributed by atoms with Crippen molar-refractivity contribution in [3.63, 3.8) is 0 Å². The number of carbonyl (C=O) groups is 1. The number of anilines is 1. The molecule has 2 rings (SSSR count). The van der Waals surface area contributed by atoms with Gasteiger partial charge in [0.1, 0.15) is 11.4 Å². The van der Waals surface area contributed by atoms with Gasteiger partial charge < -0.3 is 10.1 Å². The number of carbonyl (C=O) groups excluding carboxylic acids is 1. The molecule has 142 valence electrons. The van der Waals surface area contributed by atoms with E-state index in [2.05, 4.69) is 5.10 Å². The van der Waals surface area contributed by atoms with Crippen molar-refractivity contribution in [2.45, 2.75) is 19.0 Å². The topological polar surface area (TPSA) is 65.1 Å². The van der Waals surface area contributed by atoms with Crippen molar-refractivity contribution in [3.05, 3.63) is 41.1 Å². The van der Waals surface area contributed by atoms with Crippen LogP contribution in [0.25, 0.3) is 5.69 Å². The average Bonchev–Trinajstić information content (AvgIpc) is 2.94. The summed E-state index contributed by atoms with van der Waals surface area (Å²) in [5.74, 6) is -0.0969. The van der Waals surface area contributed by atoms with Gasteiger partial charge in [-0.3, -0.25) is 4.79 Å². The third-order valence-corrected chi connectivity index (χ3v) is 4.66. The molecule has 0 saturated carbocycles. The zero-order chi connectivity index (χ0) is 19.3. The number of amides is 1. The molecule has 0 aromatic carbocycles. The van der Waals surface area contributed by atoms with Crippen LogP contribution in [0, 0.1) is 5.21 Å². The SMILES string of the molecule is CN(C(=O)CCSCCC(F)(F)F)c1cn(-c2ccc[n+]([O-])c2)nc1Cl. The lowest BCUT2D eigenvalue weighted by Gasteiger charge is -2.15. The molecule has 0 N–H and O–H groups in total. The molecule has 0 saturated heterocycles. The predicted octanol–water partition coefficient (Wildman–Crippen LogP) is 3.20. The molecule has 0 bridgehead atoms. The van der Waals surface area contributed by atoms with Crippen LogP contribution in [0.1, 0.15) is 12.8 Å². The first-order chi connectivity index (χ1) is 12.2. The highest BCUT2D eigenvalue weighted by Gasteiger charge is 2.26. The van der Waals surface area contributed by atoms with E-state index >= 15 is 0 Å². The Bertz CT molecular complexity index is 770. The molecule has 0 aliphatic heterocycles. The van der Waals surface area contributed by atoms with Crippen molar-refractivity contribution in [2.24, 2.45) is 0 Å².